The number of halogens is 1. The number of aromatic nitrogens is 1. The number of unbranched alkanes of at least 4 members (excludes halogenated alkanes) is 2. The molecule has 1 rings (SSSR count). The van der Waals surface area contributed by atoms with Gasteiger partial charge in [0.15, 0.2) is 11.6 Å². The minimum Gasteiger partial charge on any atom is -0.490 e. The normalized spacial score (nSPS) is 10.4. The van der Waals surface area contributed by atoms with Crippen LogP contribution in [0, 0.1) is 0 Å². The van der Waals surface area contributed by atoms with Gasteiger partial charge in [-0.3, -0.25) is 0 Å². The van der Waals surface area contributed by atoms with Gasteiger partial charge in [0.2, 0.25) is 0 Å². The van der Waals surface area contributed by atoms with Crippen molar-refractivity contribution >= 4 is 17.4 Å². The van der Waals surface area contributed by atoms with E-state index in [1.54, 1.807) is 0 Å². The molecule has 0 aromatic carbocycles. The van der Waals surface area contributed by atoms with Crippen LogP contribution in [0.3, 0.4) is 0 Å². The maximum absolute atomic E-state index is 5.71. The SMILES string of the molecule is CCCOc1cccnc1N(C)CCCCCCl. The van der Waals surface area contributed by atoms with Crippen molar-refractivity contribution in [1.29, 1.82) is 0 Å². The molecule has 0 amide bonds. The molecule has 0 radical (unpaired) electrons. The number of ether oxygens (including phenoxy) is 1. The summed E-state index contributed by atoms with van der Waals surface area (Å²) in [6, 6.07) is 3.89. The van der Waals surface area contributed by atoms with Crippen molar-refractivity contribution in [2.45, 2.75) is 32.6 Å². The minimum absolute atomic E-state index is 0.735. The molecule has 1 heterocycles. The van der Waals surface area contributed by atoms with Gasteiger partial charge < -0.3 is 9.64 Å². The van der Waals surface area contributed by atoms with E-state index < -0.39 is 0 Å². The molecule has 102 valence electrons. The van der Waals surface area contributed by atoms with Gasteiger partial charge in [-0.15, -0.1) is 11.6 Å². The maximum atomic E-state index is 5.71. The number of rotatable bonds is 9. The van der Waals surface area contributed by atoms with Crippen LogP contribution in [0.1, 0.15) is 32.6 Å². The Balaban J connectivity index is 2.52. The van der Waals surface area contributed by atoms with E-state index in [-0.39, 0.29) is 0 Å². The van der Waals surface area contributed by atoms with Gasteiger partial charge in [0, 0.05) is 25.7 Å². The van der Waals surface area contributed by atoms with Crippen LogP contribution in [0.2, 0.25) is 0 Å². The maximum Gasteiger partial charge on any atom is 0.171 e. The third-order valence-corrected chi connectivity index (χ3v) is 2.97. The number of nitrogens with zero attached hydrogens (tertiary/aromatic N) is 2. The van der Waals surface area contributed by atoms with E-state index in [1.807, 2.05) is 18.3 Å². The minimum atomic E-state index is 0.735. The Hall–Kier alpha value is -0.960. The molecule has 0 aliphatic heterocycles. The van der Waals surface area contributed by atoms with E-state index in [0.717, 1.165) is 56.3 Å². The number of hydrogen-bond donors (Lipinski definition) is 0. The Kier molecular flexibility index (Phi) is 7.58. The first-order valence-electron chi connectivity index (χ1n) is 6.64. The first-order valence-corrected chi connectivity index (χ1v) is 7.18. The quantitative estimate of drug-likeness (QED) is 0.505. The lowest BCUT2D eigenvalue weighted by Gasteiger charge is -2.20. The lowest BCUT2D eigenvalue weighted by molar-refractivity contribution is 0.316. The number of hydrogen-bond acceptors (Lipinski definition) is 3. The van der Waals surface area contributed by atoms with Gasteiger partial charge in [0.05, 0.1) is 6.61 Å². The first kappa shape index (κ1) is 15.1. The zero-order valence-electron chi connectivity index (χ0n) is 11.4. The second kappa shape index (κ2) is 9.03. The van der Waals surface area contributed by atoms with Crippen LogP contribution in [-0.4, -0.2) is 31.1 Å². The Morgan fingerprint density at radius 3 is 2.89 bits per heavy atom. The lowest BCUT2D eigenvalue weighted by atomic mass is 10.2. The molecule has 0 aliphatic rings. The predicted octanol–water partition coefficient (Wildman–Crippen LogP) is 3.72. The summed E-state index contributed by atoms with van der Waals surface area (Å²) in [5.41, 5.74) is 0. The molecular weight excluding hydrogens is 248 g/mol. The highest BCUT2D eigenvalue weighted by Crippen LogP contribution is 2.24. The summed E-state index contributed by atoms with van der Waals surface area (Å²) in [5, 5.41) is 0. The van der Waals surface area contributed by atoms with Crippen LogP contribution >= 0.6 is 11.6 Å². The van der Waals surface area contributed by atoms with Gasteiger partial charge in [-0.2, -0.15) is 0 Å². The van der Waals surface area contributed by atoms with E-state index in [1.165, 1.54) is 0 Å². The fourth-order valence-electron chi connectivity index (χ4n) is 1.72. The molecule has 0 aliphatic carbocycles. The van der Waals surface area contributed by atoms with Gasteiger partial charge in [-0.05, 0) is 31.4 Å². The van der Waals surface area contributed by atoms with Crippen molar-refractivity contribution < 1.29 is 4.74 Å². The van der Waals surface area contributed by atoms with E-state index in [0.29, 0.717) is 0 Å². The topological polar surface area (TPSA) is 25.4 Å². The van der Waals surface area contributed by atoms with E-state index in [4.69, 9.17) is 16.3 Å². The highest BCUT2D eigenvalue weighted by molar-refractivity contribution is 6.17. The smallest absolute Gasteiger partial charge is 0.171 e. The van der Waals surface area contributed by atoms with Crippen LogP contribution < -0.4 is 9.64 Å². The van der Waals surface area contributed by atoms with Crippen molar-refractivity contribution in [3.8, 4) is 5.75 Å². The fourth-order valence-corrected chi connectivity index (χ4v) is 1.91. The molecule has 0 saturated heterocycles. The van der Waals surface area contributed by atoms with Crippen molar-refractivity contribution in [3.63, 3.8) is 0 Å². The van der Waals surface area contributed by atoms with Crippen molar-refractivity contribution in [1.82, 2.24) is 4.98 Å². The zero-order chi connectivity index (χ0) is 13.2. The van der Waals surface area contributed by atoms with Gasteiger partial charge in [-0.25, -0.2) is 4.98 Å². The van der Waals surface area contributed by atoms with Crippen LogP contribution in [0.5, 0.6) is 5.75 Å². The largest absolute Gasteiger partial charge is 0.490 e. The van der Waals surface area contributed by atoms with Crippen LogP contribution in [0.25, 0.3) is 0 Å². The third-order valence-electron chi connectivity index (χ3n) is 2.70. The molecule has 0 N–H and O–H groups in total. The summed E-state index contributed by atoms with van der Waals surface area (Å²) < 4.78 is 5.71. The van der Waals surface area contributed by atoms with E-state index in [2.05, 4.69) is 23.9 Å². The standard InChI is InChI=1S/C14H23ClN2O/c1-3-12-18-13-8-7-10-16-14(13)17(2)11-6-4-5-9-15/h7-8,10H,3-6,9,11-12H2,1-2H3. The number of pyridine rings is 1. The average Bonchev–Trinajstić information content (AvgIpc) is 2.41. The summed E-state index contributed by atoms with van der Waals surface area (Å²) in [5.74, 6) is 2.55. The predicted molar refractivity (Wildman–Crippen MR) is 77.9 cm³/mol. The Labute approximate surface area is 115 Å². The second-order valence-electron chi connectivity index (χ2n) is 4.34. The molecule has 4 heteroatoms. The summed E-state index contributed by atoms with van der Waals surface area (Å²) in [6.07, 6.45) is 6.19. The lowest BCUT2D eigenvalue weighted by Crippen LogP contribution is -2.20. The molecular formula is C14H23ClN2O. The van der Waals surface area contributed by atoms with Crippen molar-refractivity contribution in [3.05, 3.63) is 18.3 Å². The number of alkyl halides is 1. The molecule has 0 saturated carbocycles. The Bertz CT molecular complexity index is 333. The first-order chi connectivity index (χ1) is 8.79. The molecule has 0 bridgehead atoms. The summed E-state index contributed by atoms with van der Waals surface area (Å²) >= 11 is 5.67. The molecule has 0 spiro atoms. The van der Waals surface area contributed by atoms with Crippen LogP contribution in [0.4, 0.5) is 5.82 Å². The molecule has 1 aromatic rings. The molecule has 0 fully saturated rings. The zero-order valence-corrected chi connectivity index (χ0v) is 12.1. The van der Waals surface area contributed by atoms with Crippen molar-refractivity contribution in [2.24, 2.45) is 0 Å². The van der Waals surface area contributed by atoms with Crippen LogP contribution in [0.15, 0.2) is 18.3 Å². The fraction of sp³-hybridized carbons (Fsp3) is 0.643. The molecule has 0 unspecified atom stereocenters. The van der Waals surface area contributed by atoms with E-state index >= 15 is 0 Å². The Morgan fingerprint density at radius 1 is 1.33 bits per heavy atom. The van der Waals surface area contributed by atoms with Gasteiger partial charge >= 0.3 is 0 Å². The Morgan fingerprint density at radius 2 is 2.17 bits per heavy atom. The summed E-state index contributed by atoms with van der Waals surface area (Å²) in [7, 11) is 2.06. The molecule has 0 atom stereocenters. The van der Waals surface area contributed by atoms with Gasteiger partial charge in [0.25, 0.3) is 0 Å². The monoisotopic (exact) mass is 270 g/mol. The molecule has 3 nitrogen and oxygen atoms in total. The average molecular weight is 271 g/mol. The summed E-state index contributed by atoms with van der Waals surface area (Å²) in [6.45, 7) is 3.82. The molecule has 18 heavy (non-hydrogen) atoms. The molecule has 1 aromatic heterocycles. The van der Waals surface area contributed by atoms with Crippen molar-refractivity contribution in [2.75, 3.05) is 31.0 Å². The highest BCUT2D eigenvalue weighted by Gasteiger charge is 2.09. The third kappa shape index (κ3) is 5.13. The summed E-state index contributed by atoms with van der Waals surface area (Å²) in [4.78, 5) is 6.56. The second-order valence-corrected chi connectivity index (χ2v) is 4.72. The van der Waals surface area contributed by atoms with Crippen LogP contribution in [-0.2, 0) is 0 Å². The van der Waals surface area contributed by atoms with Gasteiger partial charge in [0.1, 0.15) is 0 Å². The highest BCUT2D eigenvalue weighted by atomic mass is 35.5. The van der Waals surface area contributed by atoms with Gasteiger partial charge in [-0.1, -0.05) is 13.3 Å². The van der Waals surface area contributed by atoms with E-state index in [9.17, 15) is 0 Å². The number of anilines is 1.